The van der Waals surface area contributed by atoms with Gasteiger partial charge in [0.05, 0.1) is 6.61 Å². The van der Waals surface area contributed by atoms with Crippen molar-refractivity contribution in [3.8, 4) is 0 Å². The molecule has 0 bridgehead atoms. The van der Waals surface area contributed by atoms with Crippen molar-refractivity contribution in [2.75, 3.05) is 13.7 Å². The monoisotopic (exact) mass is 274 g/mol. The fourth-order valence-corrected chi connectivity index (χ4v) is 2.60. The first-order valence-electron chi connectivity index (χ1n) is 6.09. The molecule has 1 N–H and O–H groups in total. The Balaban J connectivity index is 2.21. The molecule has 1 aliphatic carbocycles. The van der Waals surface area contributed by atoms with Gasteiger partial charge in [0.25, 0.3) is 0 Å². The zero-order valence-electron chi connectivity index (χ0n) is 11.1. The summed E-state index contributed by atoms with van der Waals surface area (Å²) < 4.78 is 21.1. The van der Waals surface area contributed by atoms with E-state index in [1.54, 1.807) is 0 Å². The Hall–Kier alpha value is -1.18. The molecule has 2 aliphatic rings. The normalized spacial score (nSPS) is 40.2. The van der Waals surface area contributed by atoms with E-state index in [1.807, 2.05) is 0 Å². The number of methoxy groups -OCH3 is 1. The highest BCUT2D eigenvalue weighted by Gasteiger charge is 2.68. The summed E-state index contributed by atoms with van der Waals surface area (Å²) in [6.07, 6.45) is -1.80. The third kappa shape index (κ3) is 2.58. The van der Waals surface area contributed by atoms with Gasteiger partial charge < -0.3 is 24.1 Å². The Bertz CT molecular complexity index is 382. The van der Waals surface area contributed by atoms with E-state index in [0.717, 1.165) is 0 Å². The smallest absolute Gasteiger partial charge is 0.303 e. The predicted molar refractivity (Wildman–Crippen MR) is 60.9 cm³/mol. The summed E-state index contributed by atoms with van der Waals surface area (Å²) in [5.41, 5.74) is -0.753. The molecule has 0 aromatic carbocycles. The van der Waals surface area contributed by atoms with Gasteiger partial charge in [0.1, 0.15) is 11.7 Å². The van der Waals surface area contributed by atoms with Gasteiger partial charge in [0, 0.05) is 26.9 Å². The first-order valence-corrected chi connectivity index (χ1v) is 6.09. The molecular formula is C12H18O7. The summed E-state index contributed by atoms with van der Waals surface area (Å²) >= 11 is 0. The van der Waals surface area contributed by atoms with Crippen LogP contribution in [0.2, 0.25) is 0 Å². The largest absolute Gasteiger partial charge is 0.458 e. The Morgan fingerprint density at radius 3 is 2.32 bits per heavy atom. The number of fused-ring (bicyclic) bond motifs is 1. The van der Waals surface area contributed by atoms with Gasteiger partial charge in [0.15, 0.2) is 12.4 Å². The zero-order valence-corrected chi connectivity index (χ0v) is 11.1. The van der Waals surface area contributed by atoms with Crippen LogP contribution in [0.15, 0.2) is 0 Å². The highest BCUT2D eigenvalue weighted by atomic mass is 16.7. The number of hydrogen-bond donors (Lipinski definition) is 1. The second-order valence-electron chi connectivity index (χ2n) is 4.90. The Morgan fingerprint density at radius 1 is 1.26 bits per heavy atom. The summed E-state index contributed by atoms with van der Waals surface area (Å²) in [5.74, 6) is -1.17. The predicted octanol–water partition coefficient (Wildman–Crippen LogP) is -0.397. The number of esters is 2. The molecule has 1 saturated heterocycles. The molecule has 2 rings (SSSR count). The van der Waals surface area contributed by atoms with E-state index >= 15 is 0 Å². The molecule has 0 aromatic heterocycles. The highest BCUT2D eigenvalue weighted by Crippen LogP contribution is 2.55. The number of carbonyl (C=O) groups is 2. The Kier molecular flexibility index (Phi) is 3.80. The average Bonchev–Trinajstić information content (AvgIpc) is 3.06. The maximum Gasteiger partial charge on any atom is 0.303 e. The van der Waals surface area contributed by atoms with E-state index in [2.05, 4.69) is 0 Å². The number of ether oxygens (including phenoxy) is 4. The molecular weight excluding hydrogens is 256 g/mol. The van der Waals surface area contributed by atoms with Crippen molar-refractivity contribution in [2.45, 2.75) is 44.4 Å². The summed E-state index contributed by atoms with van der Waals surface area (Å²) in [7, 11) is 1.40. The van der Waals surface area contributed by atoms with Gasteiger partial charge in [-0.25, -0.2) is 0 Å². The summed E-state index contributed by atoms with van der Waals surface area (Å²) in [6.45, 7) is 2.35. The Labute approximate surface area is 110 Å². The van der Waals surface area contributed by atoms with Gasteiger partial charge in [-0.2, -0.15) is 0 Å². The van der Waals surface area contributed by atoms with Gasteiger partial charge in [-0.05, 0) is 6.42 Å². The fourth-order valence-electron chi connectivity index (χ4n) is 2.60. The fraction of sp³-hybridized carbons (Fsp3) is 0.833. The van der Waals surface area contributed by atoms with Crippen LogP contribution >= 0.6 is 0 Å². The number of aliphatic hydroxyl groups excluding tert-OH is 1. The van der Waals surface area contributed by atoms with Gasteiger partial charge in [0.2, 0.25) is 0 Å². The van der Waals surface area contributed by atoms with E-state index in [4.69, 9.17) is 18.9 Å². The van der Waals surface area contributed by atoms with Crippen molar-refractivity contribution >= 4 is 11.9 Å². The van der Waals surface area contributed by atoms with Crippen LogP contribution in [0, 0.1) is 5.92 Å². The molecule has 0 radical (unpaired) electrons. The lowest BCUT2D eigenvalue weighted by atomic mass is 10.0. The van der Waals surface area contributed by atoms with Crippen LogP contribution in [-0.4, -0.2) is 54.9 Å². The lowest BCUT2D eigenvalue weighted by Crippen LogP contribution is -2.54. The summed E-state index contributed by atoms with van der Waals surface area (Å²) in [4.78, 5) is 22.3. The molecule has 19 heavy (non-hydrogen) atoms. The second kappa shape index (κ2) is 5.07. The molecule has 7 nitrogen and oxygen atoms in total. The first-order chi connectivity index (χ1) is 8.93. The third-order valence-electron chi connectivity index (χ3n) is 3.52. The minimum atomic E-state index is -0.862. The van der Waals surface area contributed by atoms with Crippen LogP contribution in [0.1, 0.15) is 20.3 Å². The lowest BCUT2D eigenvalue weighted by Gasteiger charge is -2.38. The molecule has 108 valence electrons. The summed E-state index contributed by atoms with van der Waals surface area (Å²) in [6, 6.07) is 0. The summed E-state index contributed by atoms with van der Waals surface area (Å²) in [5, 5.41) is 9.40. The van der Waals surface area contributed by atoms with Crippen LogP contribution in [-0.2, 0) is 28.5 Å². The standard InChI is InChI=1S/C12H18O7/c1-6(14)17-9-8-4-12(8,5-13)19-11(16-3)10(9)18-7(2)15/h8-11,13H,4-5H2,1-3H3/t8-,9+,10+,11+,12+/m1/s1. The van der Waals surface area contributed by atoms with Gasteiger partial charge in [-0.3, -0.25) is 9.59 Å². The van der Waals surface area contributed by atoms with E-state index in [-0.39, 0.29) is 12.5 Å². The molecule has 5 atom stereocenters. The lowest BCUT2D eigenvalue weighted by molar-refractivity contribution is -0.275. The molecule has 1 saturated carbocycles. The van der Waals surface area contributed by atoms with Crippen LogP contribution in [0.4, 0.5) is 0 Å². The third-order valence-corrected chi connectivity index (χ3v) is 3.52. The molecule has 2 fully saturated rings. The van der Waals surface area contributed by atoms with E-state index in [1.165, 1.54) is 21.0 Å². The van der Waals surface area contributed by atoms with Crippen molar-refractivity contribution in [1.29, 1.82) is 0 Å². The number of aliphatic hydroxyl groups is 1. The van der Waals surface area contributed by atoms with Crippen molar-refractivity contribution < 1.29 is 33.6 Å². The minimum Gasteiger partial charge on any atom is -0.458 e. The maximum absolute atomic E-state index is 11.2. The van der Waals surface area contributed by atoms with Crippen molar-refractivity contribution in [3.63, 3.8) is 0 Å². The number of rotatable bonds is 4. The first kappa shape index (κ1) is 14.2. The van der Waals surface area contributed by atoms with Gasteiger partial charge in [-0.1, -0.05) is 0 Å². The molecule has 0 amide bonds. The van der Waals surface area contributed by atoms with Gasteiger partial charge in [-0.15, -0.1) is 0 Å². The van der Waals surface area contributed by atoms with Gasteiger partial charge >= 0.3 is 11.9 Å². The maximum atomic E-state index is 11.2. The van der Waals surface area contributed by atoms with Crippen LogP contribution in [0.3, 0.4) is 0 Å². The van der Waals surface area contributed by atoms with Crippen molar-refractivity contribution in [3.05, 3.63) is 0 Å². The second-order valence-corrected chi connectivity index (χ2v) is 4.90. The topological polar surface area (TPSA) is 91.3 Å². The van der Waals surface area contributed by atoms with Crippen LogP contribution in [0.5, 0.6) is 0 Å². The SMILES string of the molecule is CO[C@H]1O[C@]2(CO)C[C@@H]2[C@H](OC(C)=O)[C@@H]1OC(C)=O. The molecule has 1 heterocycles. The molecule has 0 spiro atoms. The Morgan fingerprint density at radius 2 is 1.84 bits per heavy atom. The zero-order chi connectivity index (χ0) is 14.2. The van der Waals surface area contributed by atoms with Crippen molar-refractivity contribution in [1.82, 2.24) is 0 Å². The molecule has 7 heteroatoms. The average molecular weight is 274 g/mol. The van der Waals surface area contributed by atoms with E-state index in [9.17, 15) is 14.7 Å². The van der Waals surface area contributed by atoms with E-state index < -0.39 is 36.0 Å². The van der Waals surface area contributed by atoms with Crippen LogP contribution < -0.4 is 0 Å². The number of hydrogen-bond acceptors (Lipinski definition) is 7. The molecule has 1 aliphatic heterocycles. The number of carbonyl (C=O) groups excluding carboxylic acids is 2. The van der Waals surface area contributed by atoms with Crippen molar-refractivity contribution in [2.24, 2.45) is 5.92 Å². The minimum absolute atomic E-state index is 0.183. The highest BCUT2D eigenvalue weighted by molar-refractivity contribution is 5.67. The quantitative estimate of drug-likeness (QED) is 0.698. The van der Waals surface area contributed by atoms with E-state index in [0.29, 0.717) is 6.42 Å². The molecule has 0 aromatic rings. The molecule has 0 unspecified atom stereocenters. The van der Waals surface area contributed by atoms with Crippen LogP contribution in [0.25, 0.3) is 0 Å².